The Bertz CT molecular complexity index is 1170. The molecule has 0 aliphatic heterocycles. The van der Waals surface area contributed by atoms with Gasteiger partial charge < -0.3 is 10.4 Å². The van der Waals surface area contributed by atoms with Crippen molar-refractivity contribution < 1.29 is 26.7 Å². The van der Waals surface area contributed by atoms with E-state index < -0.39 is 43.8 Å². The van der Waals surface area contributed by atoms with Crippen molar-refractivity contribution in [2.75, 3.05) is 25.1 Å². The van der Waals surface area contributed by atoms with Crippen molar-refractivity contribution in [2.24, 2.45) is 11.8 Å². The number of benzene rings is 2. The fraction of sp³-hybridized carbons (Fsp3) is 0.500. The summed E-state index contributed by atoms with van der Waals surface area (Å²) in [6, 6.07) is 16.4. The third-order valence-corrected chi connectivity index (χ3v) is 8.80. The van der Waals surface area contributed by atoms with Gasteiger partial charge in [0.2, 0.25) is 15.9 Å². The van der Waals surface area contributed by atoms with Gasteiger partial charge in [0.05, 0.1) is 22.8 Å². The van der Waals surface area contributed by atoms with E-state index in [0.717, 1.165) is 11.8 Å². The summed E-state index contributed by atoms with van der Waals surface area (Å²) < 4.78 is 51.4. The van der Waals surface area contributed by atoms with Crippen molar-refractivity contribution in [3.63, 3.8) is 0 Å². The summed E-state index contributed by atoms with van der Waals surface area (Å²) in [4.78, 5) is 13.0. The Morgan fingerprint density at radius 3 is 2.03 bits per heavy atom. The smallest absolute Gasteiger partial charge is 0.243 e. The summed E-state index contributed by atoms with van der Waals surface area (Å²) in [5, 5.41) is 14.0. The zero-order valence-corrected chi connectivity index (χ0v) is 23.0. The second kappa shape index (κ2) is 13.3. The Morgan fingerprint density at radius 1 is 0.944 bits per heavy atom. The lowest BCUT2D eigenvalue weighted by Gasteiger charge is -2.31. The van der Waals surface area contributed by atoms with Crippen LogP contribution < -0.4 is 5.32 Å². The number of hydrogen-bond acceptors (Lipinski definition) is 6. The number of aliphatic hydroxyl groups is 1. The van der Waals surface area contributed by atoms with E-state index in [0.29, 0.717) is 6.42 Å². The highest BCUT2D eigenvalue weighted by Crippen LogP contribution is 2.19. The summed E-state index contributed by atoms with van der Waals surface area (Å²) in [5.41, 5.74) is 0.845. The Hall–Kier alpha value is -2.27. The monoisotopic (exact) mass is 538 g/mol. The summed E-state index contributed by atoms with van der Waals surface area (Å²) in [7, 11) is -7.26. The van der Waals surface area contributed by atoms with Crippen LogP contribution in [0.25, 0.3) is 0 Å². The van der Waals surface area contributed by atoms with Gasteiger partial charge in [0.15, 0.2) is 0 Å². The van der Waals surface area contributed by atoms with Crippen LogP contribution in [0, 0.1) is 11.8 Å². The number of rotatable bonds is 14. The molecule has 3 atom stereocenters. The topological polar surface area (TPSA) is 121 Å². The molecule has 2 N–H and O–H groups in total. The largest absolute Gasteiger partial charge is 0.390 e. The average molecular weight is 539 g/mol. The fourth-order valence-corrected chi connectivity index (χ4v) is 6.35. The van der Waals surface area contributed by atoms with E-state index in [-0.39, 0.29) is 36.1 Å². The Labute approximate surface area is 215 Å². The van der Waals surface area contributed by atoms with Crippen LogP contribution in [0.4, 0.5) is 0 Å². The molecule has 2 aromatic rings. The molecule has 200 valence electrons. The summed E-state index contributed by atoms with van der Waals surface area (Å²) >= 11 is 0. The van der Waals surface area contributed by atoms with Gasteiger partial charge in [0, 0.05) is 25.3 Å². The first-order chi connectivity index (χ1) is 16.8. The van der Waals surface area contributed by atoms with Crippen LogP contribution in [0.1, 0.15) is 32.8 Å². The van der Waals surface area contributed by atoms with Gasteiger partial charge in [-0.05, 0) is 36.5 Å². The van der Waals surface area contributed by atoms with E-state index in [1.54, 1.807) is 18.2 Å². The van der Waals surface area contributed by atoms with E-state index in [1.807, 2.05) is 44.2 Å². The zero-order valence-electron chi connectivity index (χ0n) is 21.4. The maximum atomic E-state index is 13.4. The number of nitrogens with zero attached hydrogens (tertiary/aromatic N) is 1. The standard InChI is InChI=1S/C26H38N2O6S2/c1-20(2)15-16-28(36(33,34)23-13-9-6-10-14-23)18-25(29)24(17-22-11-7-5-8-12-22)27-26(30)21(3)19-35(4,31)32/h5-14,20-21,24-25,29H,15-19H2,1-4H3,(H,27,30)/t21?,24-,25+/m0/s1. The molecule has 0 bridgehead atoms. The molecule has 8 nitrogen and oxygen atoms in total. The van der Waals surface area contributed by atoms with E-state index in [2.05, 4.69) is 5.32 Å². The molecule has 36 heavy (non-hydrogen) atoms. The lowest BCUT2D eigenvalue weighted by Crippen LogP contribution is -2.52. The van der Waals surface area contributed by atoms with Gasteiger partial charge in [0.25, 0.3) is 0 Å². The maximum Gasteiger partial charge on any atom is 0.243 e. The first-order valence-corrected chi connectivity index (χ1v) is 15.5. The van der Waals surface area contributed by atoms with Crippen LogP contribution in [-0.4, -0.2) is 69.4 Å². The zero-order chi connectivity index (χ0) is 26.9. The number of amides is 1. The van der Waals surface area contributed by atoms with E-state index >= 15 is 0 Å². The number of sulfonamides is 1. The van der Waals surface area contributed by atoms with Gasteiger partial charge in [-0.15, -0.1) is 0 Å². The summed E-state index contributed by atoms with van der Waals surface area (Å²) in [6.07, 6.45) is 0.682. The minimum absolute atomic E-state index is 0.131. The highest BCUT2D eigenvalue weighted by Gasteiger charge is 2.31. The molecule has 0 aliphatic carbocycles. The molecule has 1 amide bonds. The van der Waals surface area contributed by atoms with Crippen LogP contribution in [0.5, 0.6) is 0 Å². The highest BCUT2D eigenvalue weighted by molar-refractivity contribution is 7.90. The molecule has 0 heterocycles. The van der Waals surface area contributed by atoms with Gasteiger partial charge in [0.1, 0.15) is 9.84 Å². The normalized spacial score (nSPS) is 15.0. The number of nitrogens with one attached hydrogen (secondary N) is 1. The van der Waals surface area contributed by atoms with Gasteiger partial charge in [-0.3, -0.25) is 4.79 Å². The van der Waals surface area contributed by atoms with Gasteiger partial charge in [-0.2, -0.15) is 4.31 Å². The Balaban J connectivity index is 2.31. The van der Waals surface area contributed by atoms with Crippen LogP contribution >= 0.6 is 0 Å². The van der Waals surface area contributed by atoms with Crippen molar-refractivity contribution in [2.45, 2.75) is 50.7 Å². The predicted octanol–water partition coefficient (Wildman–Crippen LogP) is 2.49. The van der Waals surface area contributed by atoms with Crippen molar-refractivity contribution in [3.05, 3.63) is 66.2 Å². The van der Waals surface area contributed by atoms with Crippen LogP contribution in [0.15, 0.2) is 65.6 Å². The first kappa shape index (κ1) is 30.0. The highest BCUT2D eigenvalue weighted by atomic mass is 32.2. The molecular formula is C26H38N2O6S2. The minimum atomic E-state index is -3.89. The SMILES string of the molecule is CC(C)CCN(C[C@@H](O)[C@H](Cc1ccccc1)NC(=O)C(C)CS(C)(=O)=O)S(=O)(=O)c1ccccc1. The fourth-order valence-electron chi connectivity index (χ4n) is 3.80. The number of carbonyl (C=O) groups excluding carboxylic acids is 1. The third kappa shape index (κ3) is 9.65. The Morgan fingerprint density at radius 2 is 1.50 bits per heavy atom. The molecule has 0 saturated carbocycles. The number of hydrogen-bond donors (Lipinski definition) is 2. The third-order valence-electron chi connectivity index (χ3n) is 5.82. The van der Waals surface area contributed by atoms with Gasteiger partial charge >= 0.3 is 0 Å². The van der Waals surface area contributed by atoms with Gasteiger partial charge in [-0.25, -0.2) is 16.8 Å². The van der Waals surface area contributed by atoms with Crippen molar-refractivity contribution in [3.8, 4) is 0 Å². The molecule has 2 rings (SSSR count). The molecule has 0 aromatic heterocycles. The lowest BCUT2D eigenvalue weighted by molar-refractivity contribution is -0.125. The molecule has 0 radical (unpaired) electrons. The second-order valence-corrected chi connectivity index (χ2v) is 13.8. The molecule has 2 aromatic carbocycles. The minimum Gasteiger partial charge on any atom is -0.390 e. The van der Waals surface area contributed by atoms with Crippen molar-refractivity contribution in [1.29, 1.82) is 0 Å². The molecule has 0 aliphatic rings. The predicted molar refractivity (Wildman–Crippen MR) is 142 cm³/mol. The van der Waals surface area contributed by atoms with Crippen LogP contribution in [0.2, 0.25) is 0 Å². The quantitative estimate of drug-likeness (QED) is 0.381. The maximum absolute atomic E-state index is 13.4. The van der Waals surface area contributed by atoms with Gasteiger partial charge in [-0.1, -0.05) is 69.3 Å². The van der Waals surface area contributed by atoms with E-state index in [9.17, 15) is 26.7 Å². The van der Waals surface area contributed by atoms with E-state index in [1.165, 1.54) is 23.4 Å². The average Bonchev–Trinajstić information content (AvgIpc) is 2.81. The lowest BCUT2D eigenvalue weighted by atomic mass is 10.00. The van der Waals surface area contributed by atoms with Crippen molar-refractivity contribution in [1.82, 2.24) is 9.62 Å². The molecule has 0 spiro atoms. The number of aliphatic hydroxyl groups excluding tert-OH is 1. The molecule has 0 saturated heterocycles. The van der Waals surface area contributed by atoms with E-state index in [4.69, 9.17) is 0 Å². The number of carbonyl (C=O) groups is 1. The van der Waals surface area contributed by atoms with Crippen LogP contribution in [0.3, 0.4) is 0 Å². The molecule has 1 unspecified atom stereocenters. The summed E-state index contributed by atoms with van der Waals surface area (Å²) in [5.74, 6) is -1.42. The van der Waals surface area contributed by atoms with Crippen molar-refractivity contribution >= 4 is 25.8 Å². The summed E-state index contributed by atoms with van der Waals surface area (Å²) in [6.45, 7) is 5.48. The first-order valence-electron chi connectivity index (χ1n) is 12.0. The molecule has 0 fully saturated rings. The van der Waals surface area contributed by atoms with Crippen LogP contribution in [-0.2, 0) is 31.1 Å². The Kier molecular flexibility index (Phi) is 11.1. The number of sulfone groups is 1. The molecular weight excluding hydrogens is 500 g/mol. The molecule has 10 heteroatoms. The second-order valence-electron chi connectivity index (χ2n) is 9.72.